The minimum atomic E-state index is -0.480. The molecular weight excluding hydrogens is 352 g/mol. The van der Waals surface area contributed by atoms with E-state index in [-0.39, 0.29) is 35.8 Å². The first kappa shape index (κ1) is 17.1. The molecule has 2 aromatic heterocycles. The molecule has 0 spiro atoms. The third-order valence-electron chi connectivity index (χ3n) is 4.22. The lowest BCUT2D eigenvalue weighted by atomic mass is 10.2. The molecule has 3 heterocycles. The number of nitrogens with zero attached hydrogens (tertiary/aromatic N) is 5. The maximum absolute atomic E-state index is 12.2. The Morgan fingerprint density at radius 1 is 1.33 bits per heavy atom. The third kappa shape index (κ3) is 3.37. The van der Waals surface area contributed by atoms with Gasteiger partial charge in [-0.1, -0.05) is 28.5 Å². The van der Waals surface area contributed by atoms with Crippen LogP contribution in [0.2, 0.25) is 0 Å². The number of nitrogen functional groups attached to an aromatic ring is 1. The van der Waals surface area contributed by atoms with E-state index >= 15 is 0 Å². The van der Waals surface area contributed by atoms with Crippen LogP contribution >= 0.6 is 0 Å². The summed E-state index contributed by atoms with van der Waals surface area (Å²) in [7, 11) is 0. The molecule has 0 aliphatic carbocycles. The summed E-state index contributed by atoms with van der Waals surface area (Å²) in [6.07, 6.45) is 0.503. The molecule has 3 aromatic rings. The molecule has 27 heavy (non-hydrogen) atoms. The van der Waals surface area contributed by atoms with Crippen LogP contribution < -0.4 is 16.7 Å². The highest BCUT2D eigenvalue weighted by Gasteiger charge is 2.30. The van der Waals surface area contributed by atoms with Crippen molar-refractivity contribution >= 4 is 28.7 Å². The number of hydrogen-bond acceptors (Lipinski definition) is 8. The number of anilines is 2. The Balaban J connectivity index is 1.73. The number of rotatable bonds is 5. The van der Waals surface area contributed by atoms with Crippen molar-refractivity contribution < 1.29 is 9.84 Å². The van der Waals surface area contributed by atoms with Crippen LogP contribution in [0.4, 0.5) is 17.6 Å². The fourth-order valence-corrected chi connectivity index (χ4v) is 2.98. The molecule has 0 radical (unpaired) electrons. The van der Waals surface area contributed by atoms with E-state index < -0.39 is 11.8 Å². The third-order valence-corrected chi connectivity index (χ3v) is 4.22. The Kier molecular flexibility index (Phi) is 4.52. The second-order valence-corrected chi connectivity index (χ2v) is 6.06. The molecule has 2 atom stereocenters. The minimum Gasteiger partial charge on any atom is -0.394 e. The predicted molar refractivity (Wildman–Crippen MR) is 97.4 cm³/mol. The first-order valence-electron chi connectivity index (χ1n) is 8.41. The molecule has 0 amide bonds. The fourth-order valence-electron chi connectivity index (χ4n) is 2.98. The zero-order valence-corrected chi connectivity index (χ0v) is 14.2. The van der Waals surface area contributed by atoms with Gasteiger partial charge in [0.1, 0.15) is 6.23 Å². The van der Waals surface area contributed by atoms with Crippen molar-refractivity contribution in [2.24, 2.45) is 10.3 Å². The van der Waals surface area contributed by atoms with E-state index in [9.17, 15) is 9.90 Å². The van der Waals surface area contributed by atoms with Crippen LogP contribution in [0.5, 0.6) is 0 Å². The number of nitrogens with two attached hydrogens (primary N) is 1. The number of aromatic amines is 1. The van der Waals surface area contributed by atoms with Crippen molar-refractivity contribution in [3.05, 3.63) is 40.7 Å². The van der Waals surface area contributed by atoms with Crippen molar-refractivity contribution in [3.8, 4) is 0 Å². The monoisotopic (exact) mass is 370 g/mol. The molecule has 1 aliphatic heterocycles. The molecule has 0 saturated carbocycles. The van der Waals surface area contributed by atoms with Gasteiger partial charge >= 0.3 is 0 Å². The molecule has 11 heteroatoms. The summed E-state index contributed by atoms with van der Waals surface area (Å²) in [6, 6.07) is 9.28. The molecule has 5 N–H and O–H groups in total. The van der Waals surface area contributed by atoms with E-state index in [2.05, 4.69) is 30.7 Å². The minimum absolute atomic E-state index is 0.0312. The maximum Gasteiger partial charge on any atom is 0.280 e. The maximum atomic E-state index is 12.2. The Morgan fingerprint density at radius 3 is 2.89 bits per heavy atom. The summed E-state index contributed by atoms with van der Waals surface area (Å²) in [5, 5.41) is 17.4. The van der Waals surface area contributed by atoms with Gasteiger partial charge in [0.2, 0.25) is 5.95 Å². The van der Waals surface area contributed by atoms with Crippen LogP contribution in [0.25, 0.3) is 11.2 Å². The van der Waals surface area contributed by atoms with Crippen molar-refractivity contribution in [1.29, 1.82) is 0 Å². The Labute approximate surface area is 152 Å². The van der Waals surface area contributed by atoms with Crippen molar-refractivity contribution in [2.75, 3.05) is 17.8 Å². The van der Waals surface area contributed by atoms with Gasteiger partial charge in [-0.3, -0.25) is 19.8 Å². The first-order valence-corrected chi connectivity index (χ1v) is 8.41. The van der Waals surface area contributed by atoms with Crippen LogP contribution in [0.1, 0.15) is 19.1 Å². The number of para-hydroxylation sites is 1. The quantitative estimate of drug-likeness (QED) is 0.391. The molecule has 1 aliphatic rings. The topological polar surface area (TPSA) is 156 Å². The van der Waals surface area contributed by atoms with E-state index in [1.165, 1.54) is 0 Å². The normalized spacial score (nSPS) is 19.9. The lowest BCUT2D eigenvalue weighted by Crippen LogP contribution is -2.16. The number of aromatic nitrogens is 4. The molecule has 11 nitrogen and oxygen atoms in total. The van der Waals surface area contributed by atoms with Gasteiger partial charge in [0.05, 0.1) is 18.4 Å². The summed E-state index contributed by atoms with van der Waals surface area (Å²) >= 11 is 0. The van der Waals surface area contributed by atoms with Crippen LogP contribution in [-0.2, 0) is 4.74 Å². The Bertz CT molecular complexity index is 1030. The average molecular weight is 370 g/mol. The number of aliphatic hydroxyl groups excluding tert-OH is 1. The van der Waals surface area contributed by atoms with Gasteiger partial charge < -0.3 is 15.6 Å². The molecule has 1 aromatic carbocycles. The number of fused-ring (bicyclic) bond motifs is 1. The molecule has 1 saturated heterocycles. The van der Waals surface area contributed by atoms with Crippen molar-refractivity contribution in [2.45, 2.75) is 25.2 Å². The van der Waals surface area contributed by atoms with E-state index in [4.69, 9.17) is 10.5 Å². The van der Waals surface area contributed by atoms with Crippen LogP contribution in [-0.4, -0.2) is 37.3 Å². The number of hydrogen-bond donors (Lipinski definition) is 4. The number of ether oxygens (including phenoxy) is 1. The number of benzene rings is 1. The van der Waals surface area contributed by atoms with Crippen molar-refractivity contribution in [3.63, 3.8) is 0 Å². The summed E-state index contributed by atoms with van der Waals surface area (Å²) in [4.78, 5) is 23.0. The van der Waals surface area contributed by atoms with Gasteiger partial charge in [-0.05, 0) is 25.0 Å². The first-order chi connectivity index (χ1) is 13.2. The summed E-state index contributed by atoms with van der Waals surface area (Å²) < 4.78 is 7.38. The fraction of sp³-hybridized carbons (Fsp3) is 0.312. The summed E-state index contributed by atoms with van der Waals surface area (Å²) in [5.74, 6) is 0.122. The van der Waals surface area contributed by atoms with Crippen LogP contribution in [0.3, 0.4) is 0 Å². The van der Waals surface area contributed by atoms with Crippen LogP contribution in [0, 0.1) is 0 Å². The zero-order valence-electron chi connectivity index (χ0n) is 14.2. The zero-order chi connectivity index (χ0) is 18.8. The van der Waals surface area contributed by atoms with Gasteiger partial charge in [0, 0.05) is 0 Å². The Morgan fingerprint density at radius 2 is 2.15 bits per heavy atom. The van der Waals surface area contributed by atoms with Gasteiger partial charge in [0.25, 0.3) is 11.5 Å². The highest BCUT2D eigenvalue weighted by atomic mass is 16.5. The number of imidazole rings is 1. The largest absolute Gasteiger partial charge is 0.394 e. The Hall–Kier alpha value is -3.31. The number of nitrogens with one attached hydrogen (secondary N) is 2. The summed E-state index contributed by atoms with van der Waals surface area (Å²) in [6.45, 7) is -0.0916. The molecule has 4 rings (SSSR count). The predicted octanol–water partition coefficient (Wildman–Crippen LogP) is 1.48. The van der Waals surface area contributed by atoms with Gasteiger partial charge in [-0.25, -0.2) is 4.98 Å². The highest BCUT2D eigenvalue weighted by molar-refractivity contribution is 5.74. The number of aliphatic hydroxyl groups is 1. The lowest BCUT2D eigenvalue weighted by Gasteiger charge is -2.15. The SMILES string of the molecule is Nc1nc2c(nc(/N=N/Nc3ccccc3)n2[C@H]2CC[C@@H](CO)O2)c(=O)[nH]1. The van der Waals surface area contributed by atoms with Crippen molar-refractivity contribution in [1.82, 2.24) is 19.5 Å². The van der Waals surface area contributed by atoms with Gasteiger partial charge in [-0.15, -0.1) is 0 Å². The van der Waals surface area contributed by atoms with Crippen LogP contribution in [0.15, 0.2) is 45.5 Å². The second kappa shape index (κ2) is 7.13. The molecule has 0 bridgehead atoms. The van der Waals surface area contributed by atoms with E-state index in [0.29, 0.717) is 12.8 Å². The summed E-state index contributed by atoms with van der Waals surface area (Å²) in [5.41, 5.74) is 9.10. The van der Waals surface area contributed by atoms with Gasteiger partial charge in [-0.2, -0.15) is 4.98 Å². The molecule has 0 unspecified atom stereocenters. The average Bonchev–Trinajstić information content (AvgIpc) is 3.27. The smallest absolute Gasteiger partial charge is 0.280 e. The highest BCUT2D eigenvalue weighted by Crippen LogP contribution is 2.34. The van der Waals surface area contributed by atoms with E-state index in [0.717, 1.165) is 5.69 Å². The van der Waals surface area contributed by atoms with E-state index in [1.807, 2.05) is 30.3 Å². The number of H-pyrrole nitrogens is 1. The molecule has 140 valence electrons. The molecular formula is C16H18N8O3. The standard InChI is InChI=1S/C16H18N8O3/c17-15-19-13-12(14(26)20-15)18-16(22-23-21-9-4-2-1-3-5-9)24(13)11-7-6-10(8-25)27-11/h1-5,10-11,25H,6-8H2,(H,18,21,22)(H3,17,19,20,26)/t10-,11+/m0/s1. The molecule has 1 fully saturated rings. The lowest BCUT2D eigenvalue weighted by molar-refractivity contribution is -0.0199. The second-order valence-electron chi connectivity index (χ2n) is 6.06. The van der Waals surface area contributed by atoms with E-state index in [1.54, 1.807) is 4.57 Å². The van der Waals surface area contributed by atoms with Gasteiger partial charge in [0.15, 0.2) is 11.2 Å².